The second-order valence-electron chi connectivity index (χ2n) is 5.35. The largest absolute Gasteiger partial charge is 0.361 e. The molecular formula is C16H14N4O2S. The molecule has 23 heavy (non-hydrogen) atoms. The van der Waals surface area contributed by atoms with E-state index in [0.29, 0.717) is 24.4 Å². The number of anilines is 1. The first-order valence-electron chi connectivity index (χ1n) is 7.24. The number of fused-ring (bicyclic) bond motifs is 2. The van der Waals surface area contributed by atoms with Gasteiger partial charge in [-0.25, -0.2) is 4.98 Å². The Hall–Kier alpha value is -2.67. The van der Waals surface area contributed by atoms with E-state index in [-0.39, 0.29) is 5.03 Å². The Morgan fingerprint density at radius 1 is 1.04 bits per heavy atom. The maximum Gasteiger partial charge on any atom is 0.303 e. The number of para-hydroxylation sites is 1. The number of rotatable bonds is 3. The van der Waals surface area contributed by atoms with Crippen molar-refractivity contribution in [3.63, 3.8) is 0 Å². The second-order valence-corrected chi connectivity index (χ2v) is 6.87. The van der Waals surface area contributed by atoms with E-state index in [0.717, 1.165) is 16.5 Å². The zero-order valence-electron chi connectivity index (χ0n) is 12.2. The summed E-state index contributed by atoms with van der Waals surface area (Å²) in [6.07, 6.45) is 4.61. The van der Waals surface area contributed by atoms with Gasteiger partial charge < -0.3 is 10.3 Å². The minimum Gasteiger partial charge on any atom is -0.361 e. The molecule has 0 atom stereocenters. The molecule has 3 heterocycles. The predicted molar refractivity (Wildman–Crippen MR) is 89.1 cm³/mol. The third kappa shape index (κ3) is 2.49. The van der Waals surface area contributed by atoms with Crippen LogP contribution < -0.4 is 5.32 Å². The van der Waals surface area contributed by atoms with Crippen LogP contribution in [0.5, 0.6) is 0 Å². The highest BCUT2D eigenvalue weighted by atomic mass is 32.2. The quantitative estimate of drug-likeness (QED) is 0.774. The molecule has 0 saturated carbocycles. The monoisotopic (exact) mass is 326 g/mol. The van der Waals surface area contributed by atoms with Gasteiger partial charge >= 0.3 is 10.0 Å². The maximum absolute atomic E-state index is 12.2. The number of H-pyrrole nitrogens is 1. The Morgan fingerprint density at radius 2 is 1.91 bits per heavy atom. The zero-order chi connectivity index (χ0) is 15.9. The van der Waals surface area contributed by atoms with Crippen LogP contribution in [0, 0.1) is 0 Å². The van der Waals surface area contributed by atoms with E-state index in [9.17, 15) is 8.42 Å². The van der Waals surface area contributed by atoms with E-state index in [2.05, 4.69) is 19.7 Å². The number of aromatic nitrogens is 2. The number of hydrogen-bond donors (Lipinski definition) is 2. The van der Waals surface area contributed by atoms with Gasteiger partial charge in [0.25, 0.3) is 0 Å². The molecule has 0 bridgehead atoms. The number of aromatic amines is 1. The van der Waals surface area contributed by atoms with Crippen LogP contribution in [-0.2, 0) is 16.4 Å². The summed E-state index contributed by atoms with van der Waals surface area (Å²) in [7, 11) is -3.72. The molecule has 0 aliphatic carbocycles. The topological polar surface area (TPSA) is 87.2 Å². The molecule has 116 valence electrons. The fourth-order valence-corrected chi connectivity index (χ4v) is 3.86. The lowest BCUT2D eigenvalue weighted by Crippen LogP contribution is -2.22. The van der Waals surface area contributed by atoms with Crippen molar-refractivity contribution in [2.24, 2.45) is 4.40 Å². The number of nitrogens with zero attached hydrogens (tertiary/aromatic N) is 2. The van der Waals surface area contributed by atoms with Crippen LogP contribution in [0.4, 0.5) is 5.69 Å². The van der Waals surface area contributed by atoms with Crippen LogP contribution in [0.1, 0.15) is 12.0 Å². The maximum atomic E-state index is 12.2. The van der Waals surface area contributed by atoms with E-state index < -0.39 is 10.0 Å². The molecule has 1 aliphatic rings. The van der Waals surface area contributed by atoms with Crippen molar-refractivity contribution < 1.29 is 8.42 Å². The highest BCUT2D eigenvalue weighted by Crippen LogP contribution is 2.26. The molecule has 3 aromatic rings. The van der Waals surface area contributed by atoms with Crippen LogP contribution >= 0.6 is 0 Å². The minimum absolute atomic E-state index is 0.0177. The molecule has 0 radical (unpaired) electrons. The van der Waals surface area contributed by atoms with Gasteiger partial charge in [-0.2, -0.15) is 8.42 Å². The Labute approximate surface area is 133 Å². The molecule has 1 aliphatic heterocycles. The number of pyridine rings is 1. The van der Waals surface area contributed by atoms with Gasteiger partial charge in [0.2, 0.25) is 5.03 Å². The van der Waals surface area contributed by atoms with Gasteiger partial charge in [0.1, 0.15) is 5.84 Å². The third-order valence-corrected chi connectivity index (χ3v) is 5.11. The van der Waals surface area contributed by atoms with Gasteiger partial charge in [0.15, 0.2) is 0 Å². The molecule has 2 N–H and O–H groups in total. The van der Waals surface area contributed by atoms with Crippen molar-refractivity contribution in [2.45, 2.75) is 17.9 Å². The number of nitrogens with one attached hydrogen (secondary N) is 2. The first-order valence-corrected chi connectivity index (χ1v) is 8.68. The number of sulfonamides is 1. The highest BCUT2D eigenvalue weighted by molar-refractivity contribution is 7.90. The van der Waals surface area contributed by atoms with Gasteiger partial charge in [-0.15, -0.1) is 4.40 Å². The summed E-state index contributed by atoms with van der Waals surface area (Å²) in [6, 6.07) is 11.4. The fraction of sp³-hybridized carbons (Fsp3) is 0.125. The lowest BCUT2D eigenvalue weighted by molar-refractivity contribution is 0.594. The van der Waals surface area contributed by atoms with Gasteiger partial charge in [0.05, 0.1) is 5.69 Å². The summed E-state index contributed by atoms with van der Waals surface area (Å²) in [5.41, 5.74) is 2.69. The van der Waals surface area contributed by atoms with Crippen LogP contribution in [-0.4, -0.2) is 24.2 Å². The summed E-state index contributed by atoms with van der Waals surface area (Å²) in [4.78, 5) is 7.11. The Bertz CT molecular complexity index is 1020. The van der Waals surface area contributed by atoms with Crippen molar-refractivity contribution in [1.82, 2.24) is 9.97 Å². The van der Waals surface area contributed by atoms with E-state index >= 15 is 0 Å². The molecule has 7 heteroatoms. The predicted octanol–water partition coefficient (Wildman–Crippen LogP) is 2.71. The summed E-state index contributed by atoms with van der Waals surface area (Å²) in [5, 5.41) is 4.19. The first kappa shape index (κ1) is 14.0. The summed E-state index contributed by atoms with van der Waals surface area (Å²) >= 11 is 0. The third-order valence-electron chi connectivity index (χ3n) is 3.83. The van der Waals surface area contributed by atoms with Crippen molar-refractivity contribution >= 4 is 32.4 Å². The van der Waals surface area contributed by atoms with Crippen LogP contribution in [0.2, 0.25) is 0 Å². The molecule has 0 fully saturated rings. The van der Waals surface area contributed by atoms with Crippen molar-refractivity contribution in [2.75, 3.05) is 5.32 Å². The van der Waals surface area contributed by atoms with Crippen LogP contribution in [0.25, 0.3) is 10.9 Å². The highest BCUT2D eigenvalue weighted by Gasteiger charge is 2.25. The lowest BCUT2D eigenvalue weighted by atomic mass is 10.1. The smallest absolute Gasteiger partial charge is 0.303 e. The number of amidine groups is 1. The number of benzene rings is 1. The summed E-state index contributed by atoms with van der Waals surface area (Å²) in [6.45, 7) is 0. The lowest BCUT2D eigenvalue weighted by Gasteiger charge is -2.16. The van der Waals surface area contributed by atoms with Gasteiger partial charge in [-0.1, -0.05) is 18.2 Å². The Morgan fingerprint density at radius 3 is 2.83 bits per heavy atom. The molecule has 2 aromatic heterocycles. The Balaban J connectivity index is 1.60. The molecule has 0 unspecified atom stereocenters. The van der Waals surface area contributed by atoms with E-state index in [1.165, 1.54) is 6.20 Å². The fourth-order valence-electron chi connectivity index (χ4n) is 2.76. The average molecular weight is 326 g/mol. The molecule has 1 aromatic carbocycles. The van der Waals surface area contributed by atoms with Crippen LogP contribution in [0.15, 0.2) is 58.2 Å². The summed E-state index contributed by atoms with van der Waals surface area (Å²) in [5.74, 6) is 0.441. The molecule has 6 nitrogen and oxygen atoms in total. The zero-order valence-corrected chi connectivity index (χ0v) is 13.0. The minimum atomic E-state index is -3.72. The first-order chi connectivity index (χ1) is 11.1. The van der Waals surface area contributed by atoms with Crippen LogP contribution in [0.3, 0.4) is 0 Å². The van der Waals surface area contributed by atoms with Crippen molar-refractivity contribution in [3.05, 3.63) is 54.4 Å². The van der Waals surface area contributed by atoms with Crippen molar-refractivity contribution in [1.29, 1.82) is 0 Å². The number of aryl methyl sites for hydroxylation is 1. The Kier molecular flexibility index (Phi) is 3.16. The average Bonchev–Trinajstić information content (AvgIpc) is 2.96. The van der Waals surface area contributed by atoms with E-state index in [4.69, 9.17) is 0 Å². The summed E-state index contributed by atoms with van der Waals surface area (Å²) < 4.78 is 28.2. The van der Waals surface area contributed by atoms with E-state index in [1.54, 1.807) is 12.1 Å². The van der Waals surface area contributed by atoms with Gasteiger partial charge in [-0.05, 0) is 30.2 Å². The van der Waals surface area contributed by atoms with Crippen molar-refractivity contribution in [3.8, 4) is 0 Å². The standard InChI is InChI=1S/C16H14N4O2S/c21-23(22)16-14(6-3-9-17-16)19-15(20-23)8-7-11-10-18-13-5-2-1-4-12(11)13/h1-6,9-10,18H,7-8H2,(H,19,20). The second kappa shape index (κ2) is 5.20. The molecule has 0 amide bonds. The SMILES string of the molecule is O=S1(=O)N=C(CCc2c[nH]c3ccccc23)Nc2cccnc21. The molecular weight excluding hydrogens is 312 g/mol. The normalized spacial score (nSPS) is 15.7. The number of hydrogen-bond acceptors (Lipinski definition) is 4. The molecule has 4 rings (SSSR count). The van der Waals surface area contributed by atoms with E-state index in [1.807, 2.05) is 30.5 Å². The molecule has 0 saturated heterocycles. The van der Waals surface area contributed by atoms with Gasteiger partial charge in [0, 0.05) is 29.7 Å². The van der Waals surface area contributed by atoms with Gasteiger partial charge in [-0.3, -0.25) is 0 Å². The molecule has 0 spiro atoms.